The van der Waals surface area contributed by atoms with E-state index >= 15 is 0 Å². The highest BCUT2D eigenvalue weighted by molar-refractivity contribution is 5.96. The topological polar surface area (TPSA) is 55.8 Å². The molecule has 2 aromatic rings. The lowest BCUT2D eigenvalue weighted by atomic mass is 9.86. The Morgan fingerprint density at radius 1 is 1.07 bits per heavy atom. The van der Waals surface area contributed by atoms with Gasteiger partial charge >= 0.3 is 12.1 Å². The van der Waals surface area contributed by atoms with E-state index < -0.39 is 35.8 Å². The van der Waals surface area contributed by atoms with Crippen LogP contribution in [0.2, 0.25) is 0 Å². The molecular weight excluding hydrogens is 399 g/mol. The van der Waals surface area contributed by atoms with E-state index in [1.165, 1.54) is 37.3 Å². The van der Waals surface area contributed by atoms with Crippen LogP contribution in [-0.4, -0.2) is 43.6 Å². The van der Waals surface area contributed by atoms with E-state index in [9.17, 15) is 22.8 Å². The number of amides is 1. The lowest BCUT2D eigenvalue weighted by molar-refractivity contribution is -0.172. The van der Waals surface area contributed by atoms with Gasteiger partial charge in [-0.2, -0.15) is 13.2 Å². The summed E-state index contributed by atoms with van der Waals surface area (Å²) < 4.78 is 50.5. The molecule has 0 saturated carbocycles. The maximum atomic E-state index is 13.5. The summed E-state index contributed by atoms with van der Waals surface area (Å²) in [6.07, 6.45) is -4.11. The lowest BCUT2D eigenvalue weighted by Crippen LogP contribution is -2.60. The Labute approximate surface area is 171 Å². The Hall–Kier alpha value is -3.13. The number of hydrogen-bond acceptors (Lipinski definition) is 4. The van der Waals surface area contributed by atoms with E-state index in [4.69, 9.17) is 9.47 Å². The second-order valence-electron chi connectivity index (χ2n) is 6.72. The van der Waals surface area contributed by atoms with Crippen molar-refractivity contribution in [2.75, 3.05) is 20.8 Å². The Morgan fingerprint density at radius 3 is 2.30 bits per heavy atom. The fraction of sp³-hybridized carbons (Fsp3) is 0.273. The first-order valence-electron chi connectivity index (χ1n) is 9.11. The van der Waals surface area contributed by atoms with Gasteiger partial charge in [0.05, 0.1) is 30.8 Å². The standard InChI is InChI=1S/C22H20F3NO4/c1-29-19-18(16-10-6-7-11-17(16)22(23,24)25)26(20(19)27)13-15(21(28)30-2)12-14-8-4-3-5-9-14/h3-12,18-19H,13H2,1-2H3/b15-12+/t18-,19+/m1/s1. The number of methoxy groups -OCH3 is 2. The minimum Gasteiger partial charge on any atom is -0.466 e. The summed E-state index contributed by atoms with van der Waals surface area (Å²) in [5.41, 5.74) is -0.0934. The van der Waals surface area contributed by atoms with Crippen LogP contribution in [0.3, 0.4) is 0 Å². The van der Waals surface area contributed by atoms with Crippen LogP contribution in [0.4, 0.5) is 13.2 Å². The number of β-lactam (4-membered cyclic amide) rings is 1. The van der Waals surface area contributed by atoms with Gasteiger partial charge < -0.3 is 14.4 Å². The fourth-order valence-corrected chi connectivity index (χ4v) is 3.50. The van der Waals surface area contributed by atoms with Gasteiger partial charge in [0.1, 0.15) is 0 Å². The van der Waals surface area contributed by atoms with Crippen molar-refractivity contribution in [2.45, 2.75) is 18.3 Å². The molecule has 0 bridgehead atoms. The summed E-state index contributed by atoms with van der Waals surface area (Å²) in [4.78, 5) is 26.1. The summed E-state index contributed by atoms with van der Waals surface area (Å²) in [5, 5.41) is 0. The Kier molecular flexibility index (Phi) is 6.26. The van der Waals surface area contributed by atoms with Crippen LogP contribution in [0.15, 0.2) is 60.2 Å². The van der Waals surface area contributed by atoms with Crippen LogP contribution >= 0.6 is 0 Å². The summed E-state index contributed by atoms with van der Waals surface area (Å²) in [7, 11) is 2.47. The molecule has 8 heteroatoms. The molecular formula is C22H20F3NO4. The summed E-state index contributed by atoms with van der Waals surface area (Å²) in [5.74, 6) is -1.17. The van der Waals surface area contributed by atoms with Crippen LogP contribution in [0.25, 0.3) is 6.08 Å². The Morgan fingerprint density at radius 2 is 1.70 bits per heavy atom. The van der Waals surface area contributed by atoms with Crippen LogP contribution < -0.4 is 0 Å². The number of carbonyl (C=O) groups is 2. The van der Waals surface area contributed by atoms with Gasteiger partial charge in [-0.1, -0.05) is 48.5 Å². The molecule has 3 rings (SSSR count). The number of likely N-dealkylation sites (tertiary alicyclic amines) is 1. The summed E-state index contributed by atoms with van der Waals surface area (Å²) in [6, 6.07) is 12.9. The molecule has 1 amide bonds. The molecule has 30 heavy (non-hydrogen) atoms. The molecule has 2 aromatic carbocycles. The van der Waals surface area contributed by atoms with Crippen molar-refractivity contribution in [3.05, 3.63) is 76.9 Å². The molecule has 0 spiro atoms. The van der Waals surface area contributed by atoms with Crippen molar-refractivity contribution >= 4 is 18.0 Å². The zero-order valence-corrected chi connectivity index (χ0v) is 16.3. The smallest absolute Gasteiger partial charge is 0.416 e. The zero-order chi connectivity index (χ0) is 21.9. The van der Waals surface area contributed by atoms with E-state index in [0.717, 1.165) is 6.07 Å². The molecule has 1 aliphatic heterocycles. The number of rotatable bonds is 6. The first-order chi connectivity index (χ1) is 14.3. The highest BCUT2D eigenvalue weighted by Gasteiger charge is 2.51. The molecule has 1 fully saturated rings. The van der Waals surface area contributed by atoms with E-state index in [1.807, 2.05) is 0 Å². The van der Waals surface area contributed by atoms with Crippen molar-refractivity contribution in [1.82, 2.24) is 4.90 Å². The molecule has 2 atom stereocenters. The van der Waals surface area contributed by atoms with Gasteiger partial charge in [0.25, 0.3) is 5.91 Å². The first kappa shape index (κ1) is 21.6. The summed E-state index contributed by atoms with van der Waals surface area (Å²) in [6.45, 7) is -0.211. The van der Waals surface area contributed by atoms with Crippen molar-refractivity contribution < 1.29 is 32.2 Å². The third kappa shape index (κ3) is 4.23. The maximum absolute atomic E-state index is 13.5. The van der Waals surface area contributed by atoms with Crippen molar-refractivity contribution in [3.63, 3.8) is 0 Å². The number of benzene rings is 2. The minimum absolute atomic E-state index is 0.0830. The number of nitrogens with zero attached hydrogens (tertiary/aromatic N) is 1. The average molecular weight is 419 g/mol. The van der Waals surface area contributed by atoms with Crippen molar-refractivity contribution in [2.24, 2.45) is 0 Å². The number of ether oxygens (including phenoxy) is 2. The molecule has 0 N–H and O–H groups in total. The van der Waals surface area contributed by atoms with Crippen molar-refractivity contribution in [1.29, 1.82) is 0 Å². The highest BCUT2D eigenvalue weighted by Crippen LogP contribution is 2.43. The first-order valence-corrected chi connectivity index (χ1v) is 9.11. The molecule has 0 unspecified atom stereocenters. The normalized spacial score (nSPS) is 19.4. The second kappa shape index (κ2) is 8.71. The maximum Gasteiger partial charge on any atom is 0.416 e. The van der Waals surface area contributed by atoms with Gasteiger partial charge in [-0.25, -0.2) is 4.79 Å². The molecule has 0 radical (unpaired) electrons. The lowest BCUT2D eigenvalue weighted by Gasteiger charge is -2.47. The molecule has 1 saturated heterocycles. The monoisotopic (exact) mass is 419 g/mol. The quantitative estimate of drug-likeness (QED) is 0.405. The number of hydrogen-bond donors (Lipinski definition) is 0. The number of carbonyl (C=O) groups excluding carboxylic acids is 2. The third-order valence-electron chi connectivity index (χ3n) is 4.92. The largest absolute Gasteiger partial charge is 0.466 e. The third-order valence-corrected chi connectivity index (χ3v) is 4.92. The van der Waals surface area contributed by atoms with Gasteiger partial charge in [0.15, 0.2) is 6.10 Å². The van der Waals surface area contributed by atoms with Gasteiger partial charge in [0.2, 0.25) is 0 Å². The Balaban J connectivity index is 1.99. The SMILES string of the molecule is COC(=O)/C(=C/c1ccccc1)CN1C(=O)[C@@H](OC)[C@H]1c1ccccc1C(F)(F)F. The average Bonchev–Trinajstić information content (AvgIpc) is 2.74. The van der Waals surface area contributed by atoms with E-state index in [1.54, 1.807) is 36.4 Å². The molecule has 158 valence electrons. The number of alkyl halides is 3. The van der Waals surface area contributed by atoms with E-state index in [0.29, 0.717) is 5.56 Å². The molecule has 1 heterocycles. The number of halogens is 3. The molecule has 0 aliphatic carbocycles. The van der Waals surface area contributed by atoms with Crippen LogP contribution in [0.1, 0.15) is 22.7 Å². The highest BCUT2D eigenvalue weighted by atomic mass is 19.4. The predicted octanol–water partition coefficient (Wildman–Crippen LogP) is 3.86. The molecule has 1 aliphatic rings. The van der Waals surface area contributed by atoms with Gasteiger partial charge in [-0.3, -0.25) is 4.79 Å². The van der Waals surface area contributed by atoms with Crippen molar-refractivity contribution in [3.8, 4) is 0 Å². The number of esters is 1. The Bertz CT molecular complexity index is 956. The minimum atomic E-state index is -4.59. The zero-order valence-electron chi connectivity index (χ0n) is 16.3. The second-order valence-corrected chi connectivity index (χ2v) is 6.72. The van der Waals surface area contributed by atoms with Gasteiger partial charge in [-0.15, -0.1) is 0 Å². The van der Waals surface area contributed by atoms with Crippen LogP contribution in [-0.2, 0) is 25.2 Å². The predicted molar refractivity (Wildman–Crippen MR) is 103 cm³/mol. The van der Waals surface area contributed by atoms with Gasteiger partial charge in [0, 0.05) is 7.11 Å². The molecule has 0 aromatic heterocycles. The molecule has 5 nitrogen and oxygen atoms in total. The fourth-order valence-electron chi connectivity index (χ4n) is 3.50. The van der Waals surface area contributed by atoms with Crippen LogP contribution in [0.5, 0.6) is 0 Å². The van der Waals surface area contributed by atoms with E-state index in [-0.39, 0.29) is 17.7 Å². The summed E-state index contributed by atoms with van der Waals surface area (Å²) >= 11 is 0. The van der Waals surface area contributed by atoms with Crippen LogP contribution in [0, 0.1) is 0 Å². The van der Waals surface area contributed by atoms with Gasteiger partial charge in [-0.05, 0) is 23.3 Å². The van der Waals surface area contributed by atoms with E-state index in [2.05, 4.69) is 0 Å².